The first kappa shape index (κ1) is 9.16. The van der Waals surface area contributed by atoms with Crippen molar-refractivity contribution in [1.82, 2.24) is 0 Å². The van der Waals surface area contributed by atoms with E-state index in [1.54, 1.807) is 0 Å². The number of benzene rings is 1. The average molecular weight is 168 g/mol. The van der Waals surface area contributed by atoms with Crippen LogP contribution in [0.15, 0.2) is 24.3 Å². The lowest BCUT2D eigenvalue weighted by molar-refractivity contribution is 0.437. The lowest BCUT2D eigenvalue weighted by Gasteiger charge is -2.08. The summed E-state index contributed by atoms with van der Waals surface area (Å²) in [6.45, 7) is -0.0686. The van der Waals surface area contributed by atoms with Crippen LogP contribution in [0.3, 0.4) is 0 Å². The van der Waals surface area contributed by atoms with E-state index in [0.717, 1.165) is 11.1 Å². The monoisotopic (exact) mass is 168 g/mol. The Kier molecular flexibility index (Phi) is 3.19. The highest BCUT2D eigenvalue weighted by Crippen LogP contribution is 2.12. The summed E-state index contributed by atoms with van der Waals surface area (Å²) in [5.74, 6) is 0. The van der Waals surface area contributed by atoms with Gasteiger partial charge in [0.15, 0.2) is 0 Å². The molecule has 0 spiro atoms. The average Bonchev–Trinajstić information content (AvgIpc) is 2.17. The van der Waals surface area contributed by atoms with Crippen LogP contribution >= 0.6 is 0 Å². The molecular weight excluding hydrogens is 155 g/mol. The third kappa shape index (κ3) is 2.03. The molecule has 0 bridgehead atoms. The first-order valence-corrected chi connectivity index (χ1v) is 3.88. The van der Waals surface area contributed by atoms with Crippen LogP contribution in [0.25, 0.3) is 0 Å². The van der Waals surface area contributed by atoms with Crippen molar-refractivity contribution in [2.24, 2.45) is 11.5 Å². The Labute approximate surface area is 71.4 Å². The second-order valence-corrected chi connectivity index (χ2v) is 2.71. The molecule has 12 heavy (non-hydrogen) atoms. The molecule has 66 valence electrons. The minimum absolute atomic E-state index is 0.465. The Morgan fingerprint density at radius 2 is 2.17 bits per heavy atom. The number of rotatable bonds is 3. The summed E-state index contributed by atoms with van der Waals surface area (Å²) in [7, 11) is 0. The summed E-state index contributed by atoms with van der Waals surface area (Å²) < 4.78 is 12.2. The molecule has 1 unspecified atom stereocenters. The maximum Gasteiger partial charge on any atom is 0.109 e. The van der Waals surface area contributed by atoms with Gasteiger partial charge in [-0.15, -0.1) is 0 Å². The van der Waals surface area contributed by atoms with Crippen molar-refractivity contribution < 1.29 is 4.39 Å². The van der Waals surface area contributed by atoms with E-state index >= 15 is 0 Å². The van der Waals surface area contributed by atoms with Gasteiger partial charge in [0.05, 0.1) is 6.04 Å². The summed E-state index contributed by atoms with van der Waals surface area (Å²) >= 11 is 0. The van der Waals surface area contributed by atoms with E-state index in [-0.39, 0.29) is 0 Å². The van der Waals surface area contributed by atoms with Gasteiger partial charge in [-0.2, -0.15) is 0 Å². The Bertz CT molecular complexity index is 250. The van der Waals surface area contributed by atoms with Gasteiger partial charge in [0.1, 0.15) is 6.67 Å². The largest absolute Gasteiger partial charge is 0.326 e. The quantitative estimate of drug-likeness (QED) is 0.710. The fraction of sp³-hybridized carbons (Fsp3) is 0.333. The summed E-state index contributed by atoms with van der Waals surface area (Å²) in [5, 5.41) is 0. The standard InChI is InChI=1S/C9H13FN2/c10-5-9(12)8-3-1-2-7(4-8)6-11/h1-4,9H,5-6,11-12H2. The number of nitrogens with two attached hydrogens (primary N) is 2. The Morgan fingerprint density at radius 1 is 1.42 bits per heavy atom. The van der Waals surface area contributed by atoms with Crippen molar-refractivity contribution in [3.05, 3.63) is 35.4 Å². The second kappa shape index (κ2) is 4.18. The van der Waals surface area contributed by atoms with Crippen LogP contribution in [0.1, 0.15) is 17.2 Å². The van der Waals surface area contributed by atoms with Crippen molar-refractivity contribution in [3.63, 3.8) is 0 Å². The lowest BCUT2D eigenvalue weighted by Crippen LogP contribution is -2.12. The molecule has 2 nitrogen and oxygen atoms in total. The molecule has 0 saturated heterocycles. The molecule has 0 aliphatic carbocycles. The Morgan fingerprint density at radius 3 is 2.75 bits per heavy atom. The predicted octanol–water partition coefficient (Wildman–Crippen LogP) is 1.11. The molecule has 0 heterocycles. The van der Waals surface area contributed by atoms with E-state index < -0.39 is 12.7 Å². The number of hydrogen-bond acceptors (Lipinski definition) is 2. The van der Waals surface area contributed by atoms with Crippen LogP contribution in [-0.2, 0) is 6.54 Å². The molecule has 0 amide bonds. The summed E-state index contributed by atoms with van der Waals surface area (Å²) in [6.07, 6.45) is 0. The molecular formula is C9H13FN2. The first-order valence-electron chi connectivity index (χ1n) is 3.88. The fourth-order valence-electron chi connectivity index (χ4n) is 1.04. The molecule has 0 radical (unpaired) electrons. The fourth-order valence-corrected chi connectivity index (χ4v) is 1.04. The topological polar surface area (TPSA) is 52.0 Å². The first-order chi connectivity index (χ1) is 5.77. The van der Waals surface area contributed by atoms with Crippen molar-refractivity contribution in [2.75, 3.05) is 6.67 Å². The molecule has 1 aromatic carbocycles. The van der Waals surface area contributed by atoms with Gasteiger partial charge in [0.2, 0.25) is 0 Å². The molecule has 0 aliphatic heterocycles. The Hall–Kier alpha value is -0.930. The van der Waals surface area contributed by atoms with Gasteiger partial charge < -0.3 is 11.5 Å². The van der Waals surface area contributed by atoms with Gasteiger partial charge in [0, 0.05) is 6.54 Å². The van der Waals surface area contributed by atoms with E-state index in [1.807, 2.05) is 24.3 Å². The van der Waals surface area contributed by atoms with Crippen molar-refractivity contribution in [2.45, 2.75) is 12.6 Å². The molecule has 1 rings (SSSR count). The highest BCUT2D eigenvalue weighted by Gasteiger charge is 2.04. The molecule has 0 saturated carbocycles. The van der Waals surface area contributed by atoms with Gasteiger partial charge in [-0.3, -0.25) is 0 Å². The molecule has 0 aliphatic rings. The van der Waals surface area contributed by atoms with Crippen molar-refractivity contribution >= 4 is 0 Å². The van der Waals surface area contributed by atoms with Crippen LogP contribution < -0.4 is 11.5 Å². The highest BCUT2D eigenvalue weighted by atomic mass is 19.1. The van der Waals surface area contributed by atoms with Gasteiger partial charge in [-0.05, 0) is 11.1 Å². The zero-order valence-corrected chi connectivity index (χ0v) is 6.83. The van der Waals surface area contributed by atoms with Gasteiger partial charge in [0.25, 0.3) is 0 Å². The third-order valence-electron chi connectivity index (χ3n) is 1.78. The molecule has 1 aromatic rings. The normalized spacial score (nSPS) is 12.9. The highest BCUT2D eigenvalue weighted by molar-refractivity contribution is 5.25. The van der Waals surface area contributed by atoms with Crippen LogP contribution in [0, 0.1) is 0 Å². The maximum atomic E-state index is 12.2. The molecule has 0 fully saturated rings. The van der Waals surface area contributed by atoms with Crippen molar-refractivity contribution in [1.29, 1.82) is 0 Å². The van der Waals surface area contributed by atoms with E-state index in [4.69, 9.17) is 11.5 Å². The summed E-state index contributed by atoms with van der Waals surface area (Å²) in [4.78, 5) is 0. The van der Waals surface area contributed by atoms with Gasteiger partial charge in [-0.1, -0.05) is 24.3 Å². The van der Waals surface area contributed by atoms with Crippen LogP contribution in [0.2, 0.25) is 0 Å². The van der Waals surface area contributed by atoms with Crippen LogP contribution in [0.4, 0.5) is 4.39 Å². The van der Waals surface area contributed by atoms with E-state index in [9.17, 15) is 4.39 Å². The zero-order chi connectivity index (χ0) is 8.97. The molecule has 3 heteroatoms. The molecule has 4 N–H and O–H groups in total. The SMILES string of the molecule is NCc1cccc(C(N)CF)c1. The van der Waals surface area contributed by atoms with E-state index in [0.29, 0.717) is 6.54 Å². The predicted molar refractivity (Wildman–Crippen MR) is 47.2 cm³/mol. The number of halogens is 1. The van der Waals surface area contributed by atoms with Crippen LogP contribution in [0.5, 0.6) is 0 Å². The lowest BCUT2D eigenvalue weighted by atomic mass is 10.1. The number of hydrogen-bond donors (Lipinski definition) is 2. The Balaban J connectivity index is 2.86. The summed E-state index contributed by atoms with van der Waals surface area (Å²) in [6, 6.07) is 6.87. The second-order valence-electron chi connectivity index (χ2n) is 2.71. The minimum atomic E-state index is -0.534. The maximum absolute atomic E-state index is 12.2. The van der Waals surface area contributed by atoms with E-state index in [2.05, 4.69) is 0 Å². The van der Waals surface area contributed by atoms with E-state index in [1.165, 1.54) is 0 Å². The smallest absolute Gasteiger partial charge is 0.109 e. The molecule has 1 atom stereocenters. The number of alkyl halides is 1. The van der Waals surface area contributed by atoms with Crippen LogP contribution in [-0.4, -0.2) is 6.67 Å². The summed E-state index contributed by atoms with van der Waals surface area (Å²) in [5.41, 5.74) is 12.7. The molecule has 0 aromatic heterocycles. The zero-order valence-electron chi connectivity index (χ0n) is 6.83. The van der Waals surface area contributed by atoms with Crippen molar-refractivity contribution in [3.8, 4) is 0 Å². The minimum Gasteiger partial charge on any atom is -0.326 e. The van der Waals surface area contributed by atoms with Gasteiger partial charge >= 0.3 is 0 Å². The van der Waals surface area contributed by atoms with Gasteiger partial charge in [-0.25, -0.2) is 4.39 Å². The third-order valence-corrected chi connectivity index (χ3v) is 1.78.